The number of fused-ring (bicyclic) bond motifs is 1. The summed E-state index contributed by atoms with van der Waals surface area (Å²) in [6.45, 7) is 16.2. The Hall–Kier alpha value is -2.58. The Labute approximate surface area is 224 Å². The van der Waals surface area contributed by atoms with Crippen LogP contribution in [-0.4, -0.2) is 80.4 Å². The van der Waals surface area contributed by atoms with Crippen molar-refractivity contribution in [1.82, 2.24) is 9.80 Å². The van der Waals surface area contributed by atoms with Gasteiger partial charge in [-0.15, -0.1) is 24.9 Å². The summed E-state index contributed by atoms with van der Waals surface area (Å²) in [7, 11) is 0. The lowest BCUT2D eigenvalue weighted by Gasteiger charge is -2.44. The summed E-state index contributed by atoms with van der Waals surface area (Å²) in [4.78, 5) is 47.6. The molecule has 3 saturated heterocycles. The summed E-state index contributed by atoms with van der Waals surface area (Å²) < 4.78 is -0.727. The molecule has 3 aliphatic rings. The highest BCUT2D eigenvalue weighted by atomic mass is 32.2. The van der Waals surface area contributed by atoms with Gasteiger partial charge in [0.2, 0.25) is 17.7 Å². The number of β-amino-alcohol motifs (C(OH)–C–C–N with tert-alkyl or cyclic N) is 1. The summed E-state index contributed by atoms with van der Waals surface area (Å²) in [6, 6.07) is 8.70. The highest BCUT2D eigenvalue weighted by molar-refractivity contribution is 8.02. The SMILES string of the molecule is C=CCN(C(=O)[C@@H]1[C@H]2C(=O)N(CCO)C(C(=O)N(CC=C)C(C)(C)C)C23S[C@@H]1CC3C)c1ccccc1. The van der Waals surface area contributed by atoms with Gasteiger partial charge in [0.1, 0.15) is 6.04 Å². The van der Waals surface area contributed by atoms with Crippen LogP contribution in [0.2, 0.25) is 0 Å². The molecule has 6 atom stereocenters. The Morgan fingerprint density at radius 2 is 1.81 bits per heavy atom. The topological polar surface area (TPSA) is 81.2 Å². The van der Waals surface area contributed by atoms with E-state index in [1.807, 2.05) is 51.1 Å². The Bertz CT molecular complexity index is 1070. The van der Waals surface area contributed by atoms with E-state index in [0.717, 1.165) is 12.1 Å². The number of amides is 3. The third kappa shape index (κ3) is 4.32. The molecule has 1 aromatic rings. The standard InChI is InChI=1S/C29H39N3O4S/c1-7-14-30(20-12-10-9-11-13-20)25(34)22-21-18-19(3)29(37-21)23(22)26(35)31(16-17-33)24(29)27(36)32(15-8-2)28(4,5)6/h7-13,19,21-24,33H,1-2,14-18H2,3-6H3/t19?,21-,22+,23+,24?,29?/m1/s1. The molecule has 200 valence electrons. The van der Waals surface area contributed by atoms with Gasteiger partial charge in [0, 0.05) is 36.1 Å². The molecule has 1 aromatic carbocycles. The number of thioether (sulfide) groups is 1. The van der Waals surface area contributed by atoms with Gasteiger partial charge >= 0.3 is 0 Å². The van der Waals surface area contributed by atoms with Crippen LogP contribution >= 0.6 is 11.8 Å². The Morgan fingerprint density at radius 1 is 1.16 bits per heavy atom. The summed E-state index contributed by atoms with van der Waals surface area (Å²) in [5.74, 6) is -1.56. The van der Waals surface area contributed by atoms with E-state index in [1.54, 1.807) is 38.6 Å². The third-order valence-electron chi connectivity index (χ3n) is 8.14. The van der Waals surface area contributed by atoms with Gasteiger partial charge in [-0.2, -0.15) is 0 Å². The van der Waals surface area contributed by atoms with Crippen molar-refractivity contribution in [1.29, 1.82) is 0 Å². The molecule has 4 rings (SSSR count). The van der Waals surface area contributed by atoms with E-state index in [2.05, 4.69) is 20.1 Å². The zero-order chi connectivity index (χ0) is 27.1. The molecule has 0 aromatic heterocycles. The van der Waals surface area contributed by atoms with Crippen LogP contribution in [0.15, 0.2) is 55.6 Å². The maximum absolute atomic E-state index is 14.3. The van der Waals surface area contributed by atoms with Gasteiger partial charge in [-0.1, -0.05) is 37.3 Å². The van der Waals surface area contributed by atoms with Crippen LogP contribution in [0, 0.1) is 17.8 Å². The fourth-order valence-corrected chi connectivity index (χ4v) is 9.05. The molecule has 1 N–H and O–H groups in total. The van der Waals surface area contributed by atoms with Gasteiger partial charge < -0.3 is 19.8 Å². The first-order chi connectivity index (χ1) is 17.5. The van der Waals surface area contributed by atoms with Crippen molar-refractivity contribution in [2.75, 3.05) is 31.1 Å². The van der Waals surface area contributed by atoms with Gasteiger partial charge in [0.15, 0.2) is 0 Å². The molecule has 3 unspecified atom stereocenters. The zero-order valence-corrected chi connectivity index (χ0v) is 23.1. The molecular weight excluding hydrogens is 486 g/mol. The number of nitrogens with zero attached hydrogens (tertiary/aromatic N) is 3. The fraction of sp³-hybridized carbons (Fsp3) is 0.552. The molecule has 1 spiro atoms. The summed E-state index contributed by atoms with van der Waals surface area (Å²) in [5, 5.41) is 9.84. The smallest absolute Gasteiger partial charge is 0.247 e. The van der Waals surface area contributed by atoms with Crippen molar-refractivity contribution in [3.8, 4) is 0 Å². The van der Waals surface area contributed by atoms with Crippen molar-refractivity contribution in [2.24, 2.45) is 17.8 Å². The molecule has 3 fully saturated rings. The lowest BCUT2D eigenvalue weighted by atomic mass is 9.65. The minimum absolute atomic E-state index is 0.0541. The Balaban J connectivity index is 1.79. The molecule has 2 bridgehead atoms. The molecule has 0 aliphatic carbocycles. The quantitative estimate of drug-likeness (QED) is 0.500. The largest absolute Gasteiger partial charge is 0.395 e. The molecule has 3 aliphatic heterocycles. The summed E-state index contributed by atoms with van der Waals surface area (Å²) in [5.41, 5.74) is 0.277. The van der Waals surface area contributed by atoms with E-state index >= 15 is 0 Å². The van der Waals surface area contributed by atoms with E-state index in [0.29, 0.717) is 13.1 Å². The second-order valence-electron chi connectivity index (χ2n) is 11.3. The zero-order valence-electron chi connectivity index (χ0n) is 22.3. The van der Waals surface area contributed by atoms with E-state index in [1.165, 1.54) is 0 Å². The molecule has 3 heterocycles. The molecule has 3 amide bonds. The number of benzene rings is 1. The molecule has 7 nitrogen and oxygen atoms in total. The minimum Gasteiger partial charge on any atom is -0.395 e. The van der Waals surface area contributed by atoms with Crippen LogP contribution in [0.3, 0.4) is 0 Å². The van der Waals surface area contributed by atoms with E-state index in [4.69, 9.17) is 0 Å². The molecule has 0 radical (unpaired) electrons. The number of rotatable bonds is 9. The molecular formula is C29H39N3O4S. The first-order valence-electron chi connectivity index (χ1n) is 13.0. The van der Waals surface area contributed by atoms with Gasteiger partial charge in [0.25, 0.3) is 0 Å². The number of aliphatic hydroxyl groups excluding tert-OH is 1. The monoisotopic (exact) mass is 525 g/mol. The average Bonchev–Trinajstić information content (AvgIpc) is 3.44. The van der Waals surface area contributed by atoms with Crippen LogP contribution in [0.1, 0.15) is 34.1 Å². The van der Waals surface area contributed by atoms with Crippen LogP contribution < -0.4 is 4.90 Å². The van der Waals surface area contributed by atoms with Gasteiger partial charge in [-0.3, -0.25) is 14.4 Å². The van der Waals surface area contributed by atoms with Crippen molar-refractivity contribution >= 4 is 35.2 Å². The Morgan fingerprint density at radius 3 is 2.38 bits per heavy atom. The van der Waals surface area contributed by atoms with E-state index in [9.17, 15) is 19.5 Å². The number of aliphatic hydroxyl groups is 1. The van der Waals surface area contributed by atoms with E-state index in [-0.39, 0.29) is 42.0 Å². The number of likely N-dealkylation sites (tertiary alicyclic amines) is 1. The second-order valence-corrected chi connectivity index (χ2v) is 12.8. The summed E-state index contributed by atoms with van der Waals surface area (Å²) >= 11 is 1.65. The molecule has 37 heavy (non-hydrogen) atoms. The van der Waals surface area contributed by atoms with Gasteiger partial charge in [-0.05, 0) is 45.2 Å². The number of anilines is 1. The molecule has 8 heteroatoms. The van der Waals surface area contributed by atoms with Crippen LogP contribution in [-0.2, 0) is 14.4 Å². The number of hydrogen-bond acceptors (Lipinski definition) is 5. The number of carbonyl (C=O) groups excluding carboxylic acids is 3. The normalized spacial score (nSPS) is 30.2. The van der Waals surface area contributed by atoms with Crippen LogP contribution in [0.5, 0.6) is 0 Å². The third-order valence-corrected chi connectivity index (χ3v) is 10.2. The van der Waals surface area contributed by atoms with Crippen molar-refractivity contribution in [3.05, 3.63) is 55.6 Å². The minimum atomic E-state index is -0.747. The highest BCUT2D eigenvalue weighted by Crippen LogP contribution is 2.69. The maximum atomic E-state index is 14.3. The second kappa shape index (κ2) is 10.3. The first kappa shape index (κ1) is 27.5. The number of para-hydroxylation sites is 1. The number of hydrogen-bond donors (Lipinski definition) is 1. The van der Waals surface area contributed by atoms with Crippen molar-refractivity contribution in [2.45, 2.75) is 55.7 Å². The Kier molecular flexibility index (Phi) is 7.64. The average molecular weight is 526 g/mol. The van der Waals surface area contributed by atoms with Gasteiger partial charge in [0.05, 0.1) is 23.2 Å². The fourth-order valence-electron chi connectivity index (χ4n) is 6.64. The van der Waals surface area contributed by atoms with Crippen LogP contribution in [0.25, 0.3) is 0 Å². The lowest BCUT2D eigenvalue weighted by Crippen LogP contribution is -2.60. The van der Waals surface area contributed by atoms with E-state index < -0.39 is 28.2 Å². The maximum Gasteiger partial charge on any atom is 0.247 e. The summed E-state index contributed by atoms with van der Waals surface area (Å²) in [6.07, 6.45) is 4.16. The van der Waals surface area contributed by atoms with Gasteiger partial charge in [-0.25, -0.2) is 0 Å². The lowest BCUT2D eigenvalue weighted by molar-refractivity contribution is -0.145. The predicted molar refractivity (Wildman–Crippen MR) is 148 cm³/mol. The van der Waals surface area contributed by atoms with Crippen molar-refractivity contribution in [3.63, 3.8) is 0 Å². The first-order valence-corrected chi connectivity index (χ1v) is 13.9. The predicted octanol–water partition coefficient (Wildman–Crippen LogP) is 3.35. The molecule has 0 saturated carbocycles. The van der Waals surface area contributed by atoms with Crippen LogP contribution in [0.4, 0.5) is 5.69 Å². The highest BCUT2D eigenvalue weighted by Gasteiger charge is 2.76. The number of carbonyl (C=O) groups is 3. The van der Waals surface area contributed by atoms with Crippen molar-refractivity contribution < 1.29 is 19.5 Å².